The number of benzene rings is 1. The first-order chi connectivity index (χ1) is 14.1. The highest BCUT2D eigenvalue weighted by Gasteiger charge is 2.26. The number of piperazine rings is 1. The summed E-state index contributed by atoms with van der Waals surface area (Å²) in [5.74, 6) is 0.614. The summed E-state index contributed by atoms with van der Waals surface area (Å²) in [6, 6.07) is 13.5. The molecule has 4 rings (SSSR count). The van der Waals surface area contributed by atoms with Crippen LogP contribution in [0.4, 0.5) is 5.95 Å². The molecule has 3 aromatic rings. The van der Waals surface area contributed by atoms with Crippen LogP contribution in [0.15, 0.2) is 42.5 Å². The molecule has 0 saturated carbocycles. The number of nitrogens with one attached hydrogen (secondary N) is 1. The Morgan fingerprint density at radius 3 is 2.55 bits per heavy atom. The minimum atomic E-state index is -0.0831. The van der Waals surface area contributed by atoms with Gasteiger partial charge in [-0.05, 0) is 34.7 Å². The van der Waals surface area contributed by atoms with Crippen molar-refractivity contribution >= 4 is 29.1 Å². The van der Waals surface area contributed by atoms with Gasteiger partial charge in [-0.3, -0.25) is 9.59 Å². The summed E-state index contributed by atoms with van der Waals surface area (Å²) < 4.78 is 1.71. The molecular weight excluding hydrogens is 390 g/mol. The second-order valence-electron chi connectivity index (χ2n) is 6.68. The van der Waals surface area contributed by atoms with E-state index in [4.69, 9.17) is 0 Å². The van der Waals surface area contributed by atoms with Crippen LogP contribution in [0.5, 0.6) is 0 Å². The van der Waals surface area contributed by atoms with Crippen molar-refractivity contribution in [3.8, 4) is 5.69 Å². The van der Waals surface area contributed by atoms with Gasteiger partial charge in [0.05, 0.1) is 17.1 Å². The number of carbonyl (C=O) groups excluding carboxylic acids is 2. The molecule has 10 heteroatoms. The molecule has 1 N–H and O–H groups in total. The third kappa shape index (κ3) is 4.27. The molecule has 1 aliphatic rings. The molecular formula is C19H21N7O2S. The molecule has 1 aliphatic heterocycles. The van der Waals surface area contributed by atoms with Gasteiger partial charge in [0.1, 0.15) is 0 Å². The lowest BCUT2D eigenvalue weighted by Crippen LogP contribution is -2.49. The Bertz CT molecular complexity index is 993. The Kier molecular flexibility index (Phi) is 5.52. The zero-order valence-corrected chi connectivity index (χ0v) is 16.8. The molecule has 0 spiro atoms. The van der Waals surface area contributed by atoms with Crippen molar-refractivity contribution in [1.29, 1.82) is 0 Å². The van der Waals surface area contributed by atoms with E-state index in [2.05, 4.69) is 25.7 Å². The van der Waals surface area contributed by atoms with E-state index in [1.165, 1.54) is 18.3 Å². The Labute approximate surface area is 171 Å². The summed E-state index contributed by atoms with van der Waals surface area (Å²) in [5, 5.41) is 14.8. The molecule has 0 atom stereocenters. The van der Waals surface area contributed by atoms with E-state index in [1.54, 1.807) is 4.68 Å². The Morgan fingerprint density at radius 2 is 1.83 bits per heavy atom. The number of tetrazole rings is 1. The smallest absolute Gasteiger partial charge is 0.264 e. The number of rotatable bonds is 5. The average molecular weight is 411 g/mol. The highest BCUT2D eigenvalue weighted by molar-refractivity contribution is 7.14. The van der Waals surface area contributed by atoms with Gasteiger partial charge in [0.25, 0.3) is 5.91 Å². The van der Waals surface area contributed by atoms with E-state index in [0.717, 1.165) is 10.6 Å². The lowest BCUT2D eigenvalue weighted by molar-refractivity contribution is -0.119. The van der Waals surface area contributed by atoms with Crippen LogP contribution in [-0.4, -0.2) is 63.1 Å². The molecule has 0 radical (unpaired) electrons. The van der Waals surface area contributed by atoms with E-state index in [-0.39, 0.29) is 11.8 Å². The van der Waals surface area contributed by atoms with Gasteiger partial charge in [0.15, 0.2) is 0 Å². The van der Waals surface area contributed by atoms with Crippen LogP contribution in [0, 0.1) is 0 Å². The number of para-hydroxylation sites is 1. The van der Waals surface area contributed by atoms with Crippen molar-refractivity contribution in [3.05, 3.63) is 52.2 Å². The Morgan fingerprint density at radius 1 is 1.07 bits per heavy atom. The van der Waals surface area contributed by atoms with Crippen LogP contribution in [0.25, 0.3) is 5.69 Å². The quantitative estimate of drug-likeness (QED) is 0.680. The number of thiophene rings is 1. The van der Waals surface area contributed by atoms with Crippen molar-refractivity contribution in [3.63, 3.8) is 0 Å². The van der Waals surface area contributed by atoms with Crippen molar-refractivity contribution in [1.82, 2.24) is 30.4 Å². The van der Waals surface area contributed by atoms with E-state index in [9.17, 15) is 9.59 Å². The highest BCUT2D eigenvalue weighted by atomic mass is 32.1. The minimum absolute atomic E-state index is 0.0198. The van der Waals surface area contributed by atoms with E-state index in [0.29, 0.717) is 43.5 Å². The third-order valence-electron chi connectivity index (χ3n) is 4.69. The van der Waals surface area contributed by atoms with E-state index < -0.39 is 0 Å². The van der Waals surface area contributed by atoms with Crippen molar-refractivity contribution in [2.24, 2.45) is 0 Å². The first kappa shape index (κ1) is 19.1. The van der Waals surface area contributed by atoms with Gasteiger partial charge < -0.3 is 15.1 Å². The molecule has 2 amide bonds. The van der Waals surface area contributed by atoms with E-state index in [1.807, 2.05) is 47.4 Å². The van der Waals surface area contributed by atoms with Gasteiger partial charge in [-0.1, -0.05) is 23.3 Å². The van der Waals surface area contributed by atoms with Crippen LogP contribution in [-0.2, 0) is 11.3 Å². The van der Waals surface area contributed by atoms with Crippen LogP contribution in [0.1, 0.15) is 21.5 Å². The maximum absolute atomic E-state index is 12.8. The maximum atomic E-state index is 12.8. The molecule has 1 aromatic carbocycles. The second kappa shape index (κ2) is 8.39. The first-order valence-electron chi connectivity index (χ1n) is 9.33. The Hall–Kier alpha value is -3.27. The van der Waals surface area contributed by atoms with Gasteiger partial charge in [-0.2, -0.15) is 4.68 Å². The molecule has 0 aliphatic carbocycles. The van der Waals surface area contributed by atoms with Gasteiger partial charge in [0.2, 0.25) is 11.9 Å². The average Bonchev–Trinajstić information content (AvgIpc) is 3.42. The molecule has 2 aromatic heterocycles. The lowest BCUT2D eigenvalue weighted by atomic mass is 10.3. The summed E-state index contributed by atoms with van der Waals surface area (Å²) >= 11 is 1.42. The second-order valence-corrected chi connectivity index (χ2v) is 7.85. The minimum Gasteiger partial charge on any atom is -0.351 e. The summed E-state index contributed by atoms with van der Waals surface area (Å²) in [6.45, 7) is 4.43. The largest absolute Gasteiger partial charge is 0.351 e. The number of carbonyl (C=O) groups is 2. The van der Waals surface area contributed by atoms with Gasteiger partial charge in [0, 0.05) is 38.0 Å². The summed E-state index contributed by atoms with van der Waals surface area (Å²) in [5.41, 5.74) is 0.899. The van der Waals surface area contributed by atoms with Crippen molar-refractivity contribution in [2.75, 3.05) is 31.1 Å². The van der Waals surface area contributed by atoms with Gasteiger partial charge in [-0.15, -0.1) is 11.3 Å². The van der Waals surface area contributed by atoms with Crippen molar-refractivity contribution < 1.29 is 9.59 Å². The predicted octanol–water partition coefficient (Wildman–Crippen LogP) is 1.32. The molecule has 1 saturated heterocycles. The monoisotopic (exact) mass is 411 g/mol. The van der Waals surface area contributed by atoms with Crippen LogP contribution < -0.4 is 10.2 Å². The summed E-state index contributed by atoms with van der Waals surface area (Å²) in [4.78, 5) is 29.5. The van der Waals surface area contributed by atoms with Crippen LogP contribution in [0.2, 0.25) is 0 Å². The SMILES string of the molecule is CC(=O)NCc1ccc(C(=O)N2CCN(c3nnnn3-c3ccccc3)CC2)s1. The number of hydrogen-bond acceptors (Lipinski definition) is 7. The normalized spacial score (nSPS) is 14.1. The standard InChI is InChI=1S/C19H21N7O2S/c1-14(27)20-13-16-7-8-17(29-16)18(28)24-9-11-25(12-10-24)19-21-22-23-26(19)15-5-3-2-4-6-15/h2-8H,9-13H2,1H3,(H,20,27). The number of anilines is 1. The molecule has 3 heterocycles. The molecule has 1 fully saturated rings. The first-order valence-corrected chi connectivity index (χ1v) is 10.1. The number of hydrogen-bond donors (Lipinski definition) is 1. The fourth-order valence-corrected chi connectivity index (χ4v) is 4.10. The molecule has 0 unspecified atom stereocenters. The number of aromatic nitrogens is 4. The zero-order valence-electron chi connectivity index (χ0n) is 16.0. The maximum Gasteiger partial charge on any atom is 0.264 e. The third-order valence-corrected chi connectivity index (χ3v) is 5.76. The topological polar surface area (TPSA) is 96.2 Å². The zero-order chi connectivity index (χ0) is 20.2. The predicted molar refractivity (Wildman–Crippen MR) is 109 cm³/mol. The number of nitrogens with zero attached hydrogens (tertiary/aromatic N) is 6. The van der Waals surface area contributed by atoms with Crippen LogP contribution >= 0.6 is 11.3 Å². The summed E-state index contributed by atoms with van der Waals surface area (Å²) in [6.07, 6.45) is 0. The fourth-order valence-electron chi connectivity index (χ4n) is 3.18. The van der Waals surface area contributed by atoms with Gasteiger partial charge in [-0.25, -0.2) is 0 Å². The molecule has 0 bridgehead atoms. The molecule has 150 valence electrons. The van der Waals surface area contributed by atoms with Gasteiger partial charge >= 0.3 is 0 Å². The van der Waals surface area contributed by atoms with E-state index >= 15 is 0 Å². The summed E-state index contributed by atoms with van der Waals surface area (Å²) in [7, 11) is 0. The lowest BCUT2D eigenvalue weighted by Gasteiger charge is -2.34. The fraction of sp³-hybridized carbons (Fsp3) is 0.316. The molecule has 29 heavy (non-hydrogen) atoms. The van der Waals surface area contributed by atoms with Crippen LogP contribution in [0.3, 0.4) is 0 Å². The van der Waals surface area contributed by atoms with Crippen molar-refractivity contribution in [2.45, 2.75) is 13.5 Å². The number of amides is 2. The molecule has 9 nitrogen and oxygen atoms in total. The Balaban J connectivity index is 1.38. The highest BCUT2D eigenvalue weighted by Crippen LogP contribution is 2.21.